The summed E-state index contributed by atoms with van der Waals surface area (Å²) >= 11 is 1.81. The third-order valence-electron chi connectivity index (χ3n) is 4.89. The van der Waals surface area contributed by atoms with Gasteiger partial charge in [-0.2, -0.15) is 0 Å². The second-order valence-electron chi connectivity index (χ2n) is 6.76. The van der Waals surface area contributed by atoms with Crippen LogP contribution in [0.1, 0.15) is 12.8 Å². The Morgan fingerprint density at radius 2 is 1.81 bits per heavy atom. The zero-order chi connectivity index (χ0) is 17.6. The number of fused-ring (bicyclic) bond motifs is 1. The van der Waals surface area contributed by atoms with Crippen LogP contribution in [0.15, 0.2) is 54.6 Å². The molecule has 0 amide bonds. The minimum Gasteiger partial charge on any atom is -0.492 e. The number of rotatable bonds is 7. The van der Waals surface area contributed by atoms with Crippen molar-refractivity contribution in [2.45, 2.75) is 12.8 Å². The topological polar surface area (TPSA) is 37.4 Å². The first-order valence-electron chi connectivity index (χ1n) is 9.37. The van der Waals surface area contributed by atoms with Crippen LogP contribution in [0.3, 0.4) is 0 Å². The second kappa shape index (κ2) is 8.52. The Kier molecular flexibility index (Phi) is 5.67. The zero-order valence-corrected chi connectivity index (χ0v) is 15.8. The number of piperidine rings is 1. The van der Waals surface area contributed by atoms with Crippen molar-refractivity contribution in [3.05, 3.63) is 54.6 Å². The summed E-state index contributed by atoms with van der Waals surface area (Å²) in [4.78, 5) is 7.23. The van der Waals surface area contributed by atoms with Crippen LogP contribution in [0.25, 0.3) is 10.2 Å². The normalized spacial score (nSPS) is 15.5. The Bertz CT molecular complexity index is 779. The molecular formula is C21H25N3OS. The average Bonchev–Trinajstić information content (AvgIpc) is 3.13. The molecule has 1 saturated heterocycles. The van der Waals surface area contributed by atoms with Gasteiger partial charge in [-0.1, -0.05) is 41.7 Å². The molecule has 0 aliphatic carbocycles. The molecule has 1 aliphatic heterocycles. The average molecular weight is 368 g/mol. The van der Waals surface area contributed by atoms with Crippen molar-refractivity contribution >= 4 is 26.7 Å². The maximum Gasteiger partial charge on any atom is 0.186 e. The fourth-order valence-corrected chi connectivity index (χ4v) is 4.40. The molecule has 2 aromatic carbocycles. The summed E-state index contributed by atoms with van der Waals surface area (Å²) in [5.74, 6) is 1.69. The smallest absolute Gasteiger partial charge is 0.186 e. The van der Waals surface area contributed by atoms with E-state index in [-0.39, 0.29) is 0 Å². The predicted octanol–water partition coefficient (Wildman–Crippen LogP) is 4.18. The van der Waals surface area contributed by atoms with Crippen LogP contribution in [0, 0.1) is 5.92 Å². The lowest BCUT2D eigenvalue weighted by Crippen LogP contribution is -2.38. The molecule has 0 atom stereocenters. The maximum atomic E-state index is 5.72. The van der Waals surface area contributed by atoms with E-state index in [0.717, 1.165) is 43.4 Å². The Hall–Kier alpha value is -2.11. The van der Waals surface area contributed by atoms with Crippen molar-refractivity contribution in [3.63, 3.8) is 0 Å². The fraction of sp³-hybridized carbons (Fsp3) is 0.381. The van der Waals surface area contributed by atoms with Crippen molar-refractivity contribution in [2.75, 3.05) is 37.7 Å². The molecule has 4 nitrogen and oxygen atoms in total. The molecule has 0 unspecified atom stereocenters. The summed E-state index contributed by atoms with van der Waals surface area (Å²) in [5.41, 5.74) is 1.12. The number of nitrogens with one attached hydrogen (secondary N) is 1. The van der Waals surface area contributed by atoms with Gasteiger partial charge < -0.3 is 15.0 Å². The van der Waals surface area contributed by atoms with Gasteiger partial charge in [0.15, 0.2) is 5.13 Å². The predicted molar refractivity (Wildman–Crippen MR) is 109 cm³/mol. The van der Waals surface area contributed by atoms with E-state index in [1.807, 2.05) is 41.7 Å². The highest BCUT2D eigenvalue weighted by Gasteiger charge is 2.21. The highest BCUT2D eigenvalue weighted by molar-refractivity contribution is 7.22. The molecule has 1 aliphatic rings. The highest BCUT2D eigenvalue weighted by Crippen LogP contribution is 2.31. The Morgan fingerprint density at radius 3 is 2.62 bits per heavy atom. The van der Waals surface area contributed by atoms with Crippen LogP contribution < -0.4 is 15.0 Å². The number of nitrogens with zero attached hydrogens (tertiary/aromatic N) is 2. The molecule has 4 rings (SSSR count). The lowest BCUT2D eigenvalue weighted by Gasteiger charge is -2.31. The van der Waals surface area contributed by atoms with Crippen LogP contribution in [0.2, 0.25) is 0 Å². The summed E-state index contributed by atoms with van der Waals surface area (Å²) in [5, 5.41) is 4.72. The van der Waals surface area contributed by atoms with E-state index >= 15 is 0 Å². The molecule has 0 saturated carbocycles. The van der Waals surface area contributed by atoms with Gasteiger partial charge in [0.1, 0.15) is 12.4 Å². The molecule has 136 valence electrons. The van der Waals surface area contributed by atoms with E-state index in [1.54, 1.807) is 0 Å². The van der Waals surface area contributed by atoms with Gasteiger partial charge in [0.2, 0.25) is 0 Å². The largest absolute Gasteiger partial charge is 0.492 e. The molecule has 1 N–H and O–H groups in total. The fourth-order valence-electron chi connectivity index (χ4n) is 3.39. The van der Waals surface area contributed by atoms with Gasteiger partial charge in [-0.05, 0) is 49.6 Å². The summed E-state index contributed by atoms with van der Waals surface area (Å²) in [6.45, 7) is 4.90. The van der Waals surface area contributed by atoms with Gasteiger partial charge in [-0.3, -0.25) is 0 Å². The number of aromatic nitrogens is 1. The monoisotopic (exact) mass is 367 g/mol. The summed E-state index contributed by atoms with van der Waals surface area (Å²) in [6.07, 6.45) is 2.45. The molecule has 2 heterocycles. The van der Waals surface area contributed by atoms with Gasteiger partial charge in [-0.15, -0.1) is 0 Å². The number of ether oxygens (including phenoxy) is 1. The van der Waals surface area contributed by atoms with Crippen molar-refractivity contribution in [3.8, 4) is 5.75 Å². The second-order valence-corrected chi connectivity index (χ2v) is 7.77. The lowest BCUT2D eigenvalue weighted by molar-refractivity contribution is 0.302. The van der Waals surface area contributed by atoms with E-state index in [9.17, 15) is 0 Å². The molecule has 26 heavy (non-hydrogen) atoms. The number of anilines is 1. The summed E-state index contributed by atoms with van der Waals surface area (Å²) in [6, 6.07) is 18.4. The van der Waals surface area contributed by atoms with E-state index in [4.69, 9.17) is 9.72 Å². The molecular weight excluding hydrogens is 342 g/mol. The van der Waals surface area contributed by atoms with E-state index in [2.05, 4.69) is 34.5 Å². The quantitative estimate of drug-likeness (QED) is 0.636. The first kappa shape index (κ1) is 17.3. The first-order chi connectivity index (χ1) is 12.9. The van der Waals surface area contributed by atoms with Gasteiger partial charge in [-0.25, -0.2) is 4.98 Å². The van der Waals surface area contributed by atoms with Crippen molar-refractivity contribution in [1.82, 2.24) is 10.3 Å². The van der Waals surface area contributed by atoms with Crippen LogP contribution in [-0.4, -0.2) is 37.8 Å². The van der Waals surface area contributed by atoms with Gasteiger partial charge >= 0.3 is 0 Å². The lowest BCUT2D eigenvalue weighted by atomic mass is 9.97. The molecule has 5 heteroatoms. The van der Waals surface area contributed by atoms with Crippen LogP contribution in [-0.2, 0) is 0 Å². The van der Waals surface area contributed by atoms with E-state index in [0.29, 0.717) is 6.61 Å². The first-order valence-corrected chi connectivity index (χ1v) is 10.2. The molecule has 3 aromatic rings. The minimum absolute atomic E-state index is 0.717. The third kappa shape index (κ3) is 4.34. The Balaban J connectivity index is 1.17. The highest BCUT2D eigenvalue weighted by atomic mass is 32.1. The molecule has 0 radical (unpaired) electrons. The number of para-hydroxylation sites is 2. The minimum atomic E-state index is 0.717. The van der Waals surface area contributed by atoms with Gasteiger partial charge in [0.05, 0.1) is 10.2 Å². The summed E-state index contributed by atoms with van der Waals surface area (Å²) < 4.78 is 7.00. The number of hydrogen-bond acceptors (Lipinski definition) is 5. The number of hydrogen-bond donors (Lipinski definition) is 1. The number of benzene rings is 2. The van der Waals surface area contributed by atoms with Gasteiger partial charge in [0.25, 0.3) is 0 Å². The molecule has 0 bridgehead atoms. The van der Waals surface area contributed by atoms with Crippen LogP contribution in [0.5, 0.6) is 5.75 Å². The van der Waals surface area contributed by atoms with Crippen molar-refractivity contribution < 1.29 is 4.74 Å². The van der Waals surface area contributed by atoms with Gasteiger partial charge in [0, 0.05) is 19.6 Å². The standard InChI is InChI=1S/C21H25N3OS/c1-2-6-18(7-3-1)25-15-12-22-16-17-10-13-24(14-11-17)21-23-19-8-4-5-9-20(19)26-21/h1-9,17,22H,10-16H2. The molecule has 0 spiro atoms. The SMILES string of the molecule is c1ccc(OCCNCC2CCN(c3nc4ccccc4s3)CC2)cc1. The van der Waals surface area contributed by atoms with Crippen LogP contribution in [0.4, 0.5) is 5.13 Å². The Labute approximate surface area is 158 Å². The van der Waals surface area contributed by atoms with E-state index in [1.165, 1.54) is 22.7 Å². The third-order valence-corrected chi connectivity index (χ3v) is 5.99. The van der Waals surface area contributed by atoms with Crippen LogP contribution >= 0.6 is 11.3 Å². The molecule has 1 fully saturated rings. The Morgan fingerprint density at radius 1 is 1.04 bits per heavy atom. The zero-order valence-electron chi connectivity index (χ0n) is 14.9. The van der Waals surface area contributed by atoms with Crippen molar-refractivity contribution in [1.29, 1.82) is 0 Å². The van der Waals surface area contributed by atoms with Crippen molar-refractivity contribution in [2.24, 2.45) is 5.92 Å². The summed E-state index contributed by atoms with van der Waals surface area (Å²) in [7, 11) is 0. The van der Waals surface area contributed by atoms with E-state index < -0.39 is 0 Å². The maximum absolute atomic E-state index is 5.72. The molecule has 1 aromatic heterocycles. The number of thiazole rings is 1.